The maximum absolute atomic E-state index is 6.12. The van der Waals surface area contributed by atoms with E-state index in [0.717, 1.165) is 23.4 Å². The van der Waals surface area contributed by atoms with E-state index in [4.69, 9.17) is 16.3 Å². The number of ether oxygens (including phenoxy) is 1. The molecule has 1 unspecified atom stereocenters. The van der Waals surface area contributed by atoms with Crippen LogP contribution < -0.4 is 4.74 Å². The lowest BCUT2D eigenvalue weighted by molar-refractivity contribution is 0.409. The molecule has 1 aliphatic carbocycles. The number of rotatable bonds is 3. The molecule has 4 nitrogen and oxygen atoms in total. The molecule has 0 bridgehead atoms. The van der Waals surface area contributed by atoms with Crippen LogP contribution in [0.5, 0.6) is 5.75 Å². The first-order valence-corrected chi connectivity index (χ1v) is 7.28. The second kappa shape index (κ2) is 4.74. The zero-order chi connectivity index (χ0) is 14.4. The summed E-state index contributed by atoms with van der Waals surface area (Å²) in [5.41, 5.74) is 3.31. The van der Waals surface area contributed by atoms with Crippen LogP contribution in [0.2, 0.25) is 5.15 Å². The number of hydrogen-bond donors (Lipinski definition) is 0. The van der Waals surface area contributed by atoms with Crippen LogP contribution in [0.15, 0.2) is 42.7 Å². The lowest BCUT2D eigenvalue weighted by Crippen LogP contribution is -1.97. The molecule has 0 amide bonds. The predicted octanol–water partition coefficient (Wildman–Crippen LogP) is 3.66. The molecule has 1 fully saturated rings. The molecule has 21 heavy (non-hydrogen) atoms. The number of para-hydroxylation sites is 1. The highest BCUT2D eigenvalue weighted by molar-refractivity contribution is 6.29. The second-order valence-electron chi connectivity index (χ2n) is 5.31. The Labute approximate surface area is 127 Å². The van der Waals surface area contributed by atoms with Crippen LogP contribution in [-0.4, -0.2) is 21.7 Å². The number of halogens is 1. The van der Waals surface area contributed by atoms with E-state index in [2.05, 4.69) is 22.2 Å². The number of imidazole rings is 1. The van der Waals surface area contributed by atoms with Crippen LogP contribution in [0.25, 0.3) is 5.65 Å². The van der Waals surface area contributed by atoms with Crippen LogP contribution in [0.1, 0.15) is 29.4 Å². The van der Waals surface area contributed by atoms with E-state index in [1.165, 1.54) is 5.56 Å². The number of fused-ring (bicyclic) bond motifs is 1. The summed E-state index contributed by atoms with van der Waals surface area (Å²) in [5, 5.41) is 4.73. The molecule has 0 saturated heterocycles. The Bertz CT molecular complexity index is 814. The number of methoxy groups -OCH3 is 1. The molecular formula is C16H14ClN3O. The van der Waals surface area contributed by atoms with E-state index < -0.39 is 0 Å². The number of benzene rings is 1. The van der Waals surface area contributed by atoms with Crippen molar-refractivity contribution in [2.24, 2.45) is 0 Å². The quantitative estimate of drug-likeness (QED) is 0.741. The average Bonchev–Trinajstić information content (AvgIpc) is 3.16. The summed E-state index contributed by atoms with van der Waals surface area (Å²) in [6, 6.07) is 10.1. The summed E-state index contributed by atoms with van der Waals surface area (Å²) in [5.74, 6) is 1.83. The summed E-state index contributed by atoms with van der Waals surface area (Å²) in [4.78, 5) is 4.40. The summed E-state index contributed by atoms with van der Waals surface area (Å²) < 4.78 is 7.21. The van der Waals surface area contributed by atoms with Gasteiger partial charge in [-0.05, 0) is 36.0 Å². The second-order valence-corrected chi connectivity index (χ2v) is 5.70. The van der Waals surface area contributed by atoms with Gasteiger partial charge < -0.3 is 4.74 Å². The van der Waals surface area contributed by atoms with Crippen LogP contribution in [0.3, 0.4) is 0 Å². The molecule has 2 atom stereocenters. The zero-order valence-corrected chi connectivity index (χ0v) is 12.3. The summed E-state index contributed by atoms with van der Waals surface area (Å²) >= 11 is 6.12. The van der Waals surface area contributed by atoms with Crippen LogP contribution in [0.4, 0.5) is 0 Å². The molecule has 4 rings (SSSR count). The van der Waals surface area contributed by atoms with Crippen molar-refractivity contribution < 1.29 is 4.74 Å². The molecule has 1 aromatic carbocycles. The first-order valence-electron chi connectivity index (χ1n) is 6.90. The van der Waals surface area contributed by atoms with Gasteiger partial charge >= 0.3 is 0 Å². The SMILES string of the molecule is COc1ccccc1[C@H]1CC1c1cc(Cl)nn2ccnc12. The molecule has 0 N–H and O–H groups in total. The fraction of sp³-hybridized carbons (Fsp3) is 0.250. The van der Waals surface area contributed by atoms with E-state index in [0.29, 0.717) is 17.0 Å². The normalized spacial score (nSPS) is 20.7. The first-order chi connectivity index (χ1) is 10.3. The van der Waals surface area contributed by atoms with Gasteiger partial charge in [-0.2, -0.15) is 5.10 Å². The maximum atomic E-state index is 6.12. The Morgan fingerprint density at radius 3 is 2.90 bits per heavy atom. The van der Waals surface area contributed by atoms with Gasteiger partial charge in [0.2, 0.25) is 0 Å². The van der Waals surface area contributed by atoms with Gasteiger partial charge in [0, 0.05) is 18.0 Å². The third-order valence-electron chi connectivity index (χ3n) is 4.09. The molecule has 2 heterocycles. The Kier molecular flexibility index (Phi) is 2.86. The van der Waals surface area contributed by atoms with E-state index in [9.17, 15) is 0 Å². The van der Waals surface area contributed by atoms with Gasteiger partial charge in [-0.15, -0.1) is 0 Å². The van der Waals surface area contributed by atoms with Crippen molar-refractivity contribution in [2.75, 3.05) is 7.11 Å². The lowest BCUT2D eigenvalue weighted by Gasteiger charge is -2.08. The first kappa shape index (κ1) is 12.7. The minimum atomic E-state index is 0.423. The molecule has 1 aliphatic rings. The van der Waals surface area contributed by atoms with E-state index in [-0.39, 0.29) is 0 Å². The molecule has 3 aromatic rings. The summed E-state index contributed by atoms with van der Waals surface area (Å²) in [6.45, 7) is 0. The summed E-state index contributed by atoms with van der Waals surface area (Å²) in [7, 11) is 1.71. The van der Waals surface area contributed by atoms with Gasteiger partial charge in [-0.1, -0.05) is 29.8 Å². The van der Waals surface area contributed by atoms with Crippen molar-refractivity contribution in [1.82, 2.24) is 14.6 Å². The van der Waals surface area contributed by atoms with Gasteiger partial charge in [0.15, 0.2) is 5.65 Å². The van der Waals surface area contributed by atoms with Gasteiger partial charge in [0.1, 0.15) is 10.9 Å². The van der Waals surface area contributed by atoms with Gasteiger partial charge in [-0.3, -0.25) is 0 Å². The minimum Gasteiger partial charge on any atom is -0.496 e. The highest BCUT2D eigenvalue weighted by Crippen LogP contribution is 2.57. The van der Waals surface area contributed by atoms with Crippen molar-refractivity contribution in [3.05, 3.63) is 59.0 Å². The fourth-order valence-electron chi connectivity index (χ4n) is 3.04. The largest absolute Gasteiger partial charge is 0.496 e. The number of aromatic nitrogens is 3. The topological polar surface area (TPSA) is 39.4 Å². The zero-order valence-electron chi connectivity index (χ0n) is 11.5. The Balaban J connectivity index is 1.74. The van der Waals surface area contributed by atoms with Crippen molar-refractivity contribution in [3.63, 3.8) is 0 Å². The van der Waals surface area contributed by atoms with Gasteiger partial charge in [-0.25, -0.2) is 9.50 Å². The third-order valence-corrected chi connectivity index (χ3v) is 4.27. The maximum Gasteiger partial charge on any atom is 0.157 e. The van der Waals surface area contributed by atoms with Gasteiger partial charge in [0.05, 0.1) is 7.11 Å². The molecule has 0 radical (unpaired) electrons. The molecular weight excluding hydrogens is 286 g/mol. The summed E-state index contributed by atoms with van der Waals surface area (Å²) in [6.07, 6.45) is 4.66. The monoisotopic (exact) mass is 299 g/mol. The van der Waals surface area contributed by atoms with Crippen LogP contribution in [-0.2, 0) is 0 Å². The Morgan fingerprint density at radius 1 is 1.24 bits per heavy atom. The lowest BCUT2D eigenvalue weighted by atomic mass is 10.0. The predicted molar refractivity (Wildman–Crippen MR) is 81.1 cm³/mol. The molecule has 106 valence electrons. The standard InChI is InChI=1S/C16H14ClN3O/c1-21-14-5-3-2-4-10(14)11-8-12(11)13-9-15(17)19-20-7-6-18-16(13)20/h2-7,9,11-12H,8H2,1H3/t11-,12?/m1/s1. The van der Waals surface area contributed by atoms with Gasteiger partial charge in [0.25, 0.3) is 0 Å². The average molecular weight is 300 g/mol. The van der Waals surface area contributed by atoms with E-state index >= 15 is 0 Å². The number of hydrogen-bond acceptors (Lipinski definition) is 3. The molecule has 0 aliphatic heterocycles. The number of nitrogens with zero attached hydrogens (tertiary/aromatic N) is 3. The molecule has 5 heteroatoms. The fourth-order valence-corrected chi connectivity index (χ4v) is 3.24. The third kappa shape index (κ3) is 2.07. The molecule has 2 aromatic heterocycles. The van der Waals surface area contributed by atoms with Crippen LogP contribution in [0, 0.1) is 0 Å². The highest BCUT2D eigenvalue weighted by Gasteiger charge is 2.42. The minimum absolute atomic E-state index is 0.423. The molecule has 1 saturated carbocycles. The Hall–Kier alpha value is -2.07. The van der Waals surface area contributed by atoms with Crippen molar-refractivity contribution in [2.45, 2.75) is 18.3 Å². The highest BCUT2D eigenvalue weighted by atomic mass is 35.5. The van der Waals surface area contributed by atoms with Crippen molar-refractivity contribution in [1.29, 1.82) is 0 Å². The van der Waals surface area contributed by atoms with E-state index in [1.807, 2.05) is 24.4 Å². The van der Waals surface area contributed by atoms with Crippen LogP contribution >= 0.6 is 11.6 Å². The smallest absolute Gasteiger partial charge is 0.157 e. The van der Waals surface area contributed by atoms with Crippen molar-refractivity contribution >= 4 is 17.2 Å². The molecule has 0 spiro atoms. The van der Waals surface area contributed by atoms with Crippen molar-refractivity contribution in [3.8, 4) is 5.75 Å². The Morgan fingerprint density at radius 2 is 2.05 bits per heavy atom. The van der Waals surface area contributed by atoms with E-state index in [1.54, 1.807) is 17.8 Å².